The van der Waals surface area contributed by atoms with Gasteiger partial charge in [0.1, 0.15) is 6.33 Å². The molecule has 2 N–H and O–H groups in total. The van der Waals surface area contributed by atoms with Crippen molar-refractivity contribution in [2.24, 2.45) is 0 Å². The smallest absolute Gasteiger partial charge is 0.317 e. The number of hydrogen-bond acceptors (Lipinski definition) is 5. The van der Waals surface area contributed by atoms with Crippen LogP contribution in [0.2, 0.25) is 0 Å². The van der Waals surface area contributed by atoms with E-state index in [0.717, 1.165) is 5.69 Å². The minimum absolute atomic E-state index is 0.00606. The number of aromatic nitrogens is 3. The molecular weight excluding hydrogens is 360 g/mol. The van der Waals surface area contributed by atoms with E-state index in [4.69, 9.17) is 0 Å². The van der Waals surface area contributed by atoms with Crippen molar-refractivity contribution in [3.05, 3.63) is 42.5 Å². The Balaban J connectivity index is 1.60. The van der Waals surface area contributed by atoms with E-state index in [1.165, 1.54) is 11.2 Å². The van der Waals surface area contributed by atoms with E-state index in [1.807, 2.05) is 30.3 Å². The van der Waals surface area contributed by atoms with Crippen LogP contribution in [0.15, 0.2) is 36.7 Å². The maximum atomic E-state index is 12.6. The molecule has 1 aliphatic rings. The summed E-state index contributed by atoms with van der Waals surface area (Å²) in [6.45, 7) is 0.874. The van der Waals surface area contributed by atoms with Crippen LogP contribution in [0.25, 0.3) is 5.69 Å². The van der Waals surface area contributed by atoms with E-state index in [1.54, 1.807) is 23.7 Å². The van der Waals surface area contributed by atoms with Crippen LogP contribution in [0.5, 0.6) is 0 Å². The number of nitrogens with one attached hydrogen (secondary N) is 1. The Labute approximate surface area is 164 Å². The molecule has 1 aromatic carbocycles. The first kappa shape index (κ1) is 19.8. The fraction of sp³-hybridized carbons (Fsp3) is 0.474. The number of β-amino-alcohol motifs (C(OH)–C–C–N with tert-alkyl or cyclic N) is 1. The van der Waals surface area contributed by atoms with Crippen molar-refractivity contribution in [1.29, 1.82) is 0 Å². The Morgan fingerprint density at radius 3 is 2.75 bits per heavy atom. The predicted octanol–water partition coefficient (Wildman–Crippen LogP) is 0.782. The topological polar surface area (TPSA) is 104 Å². The summed E-state index contributed by atoms with van der Waals surface area (Å²) in [6.07, 6.45) is 2.59. The molecule has 1 saturated heterocycles. The summed E-state index contributed by atoms with van der Waals surface area (Å²) in [5, 5.41) is 17.8. The number of amides is 3. The number of benzene rings is 1. The Morgan fingerprint density at radius 2 is 2.04 bits per heavy atom. The van der Waals surface area contributed by atoms with Gasteiger partial charge in [-0.2, -0.15) is 5.10 Å². The fourth-order valence-electron chi connectivity index (χ4n) is 3.31. The number of carbonyl (C=O) groups excluding carboxylic acids is 2. The third-order valence-electron chi connectivity index (χ3n) is 4.84. The highest BCUT2D eigenvalue weighted by molar-refractivity contribution is 5.77. The third-order valence-corrected chi connectivity index (χ3v) is 4.84. The van der Waals surface area contributed by atoms with E-state index in [9.17, 15) is 14.7 Å². The quantitative estimate of drug-likeness (QED) is 0.790. The lowest BCUT2D eigenvalue weighted by Gasteiger charge is -2.39. The molecule has 1 aromatic heterocycles. The Kier molecular flexibility index (Phi) is 5.93. The van der Waals surface area contributed by atoms with Gasteiger partial charge in [-0.3, -0.25) is 4.79 Å². The summed E-state index contributed by atoms with van der Waals surface area (Å²) in [5.41, 5.74) is -0.333. The lowest BCUT2D eigenvalue weighted by molar-refractivity contribution is -0.135. The van der Waals surface area contributed by atoms with Crippen LogP contribution < -0.4 is 5.32 Å². The van der Waals surface area contributed by atoms with Gasteiger partial charge in [0.25, 0.3) is 0 Å². The van der Waals surface area contributed by atoms with E-state index in [0.29, 0.717) is 25.2 Å². The van der Waals surface area contributed by atoms with Crippen LogP contribution in [-0.4, -0.2) is 74.4 Å². The van der Waals surface area contributed by atoms with Crippen LogP contribution in [0, 0.1) is 0 Å². The van der Waals surface area contributed by atoms with E-state index < -0.39 is 5.60 Å². The molecule has 1 aliphatic heterocycles. The van der Waals surface area contributed by atoms with Crippen molar-refractivity contribution in [2.75, 3.05) is 27.2 Å². The summed E-state index contributed by atoms with van der Waals surface area (Å²) in [4.78, 5) is 31.8. The second-order valence-electron chi connectivity index (χ2n) is 7.30. The highest BCUT2D eigenvalue weighted by Crippen LogP contribution is 2.25. The highest BCUT2D eigenvalue weighted by atomic mass is 16.3. The summed E-state index contributed by atoms with van der Waals surface area (Å²) >= 11 is 0. The lowest BCUT2D eigenvalue weighted by Crippen LogP contribution is -2.54. The molecule has 1 unspecified atom stereocenters. The number of likely N-dealkylation sites (tertiary alicyclic amines) is 1. The summed E-state index contributed by atoms with van der Waals surface area (Å²) in [7, 11) is 3.31. The van der Waals surface area contributed by atoms with Gasteiger partial charge in [0.2, 0.25) is 5.91 Å². The molecule has 150 valence electrons. The largest absolute Gasteiger partial charge is 0.387 e. The number of aliphatic hydroxyl groups is 1. The molecule has 2 aromatic rings. The lowest BCUT2D eigenvalue weighted by atomic mass is 9.89. The van der Waals surface area contributed by atoms with Gasteiger partial charge in [0, 0.05) is 20.6 Å². The minimum atomic E-state index is -1.19. The molecule has 0 spiro atoms. The third kappa shape index (κ3) is 4.66. The number of hydrogen-bond donors (Lipinski definition) is 2. The van der Waals surface area contributed by atoms with E-state index in [2.05, 4.69) is 15.4 Å². The van der Waals surface area contributed by atoms with Crippen LogP contribution >= 0.6 is 0 Å². The molecule has 0 aliphatic carbocycles. The first-order valence-electron chi connectivity index (χ1n) is 9.28. The molecule has 3 amide bonds. The Bertz CT molecular complexity index is 822. The number of urea groups is 1. The van der Waals surface area contributed by atoms with Crippen LogP contribution in [0.1, 0.15) is 25.1 Å². The SMILES string of the molecule is CN(C)C(=O)CC1(O)CCCN(C(=O)NCc2ncnn2-c2ccccc2)C1. The molecule has 2 heterocycles. The van der Waals surface area contributed by atoms with Gasteiger partial charge in [-0.25, -0.2) is 14.5 Å². The maximum absolute atomic E-state index is 12.6. The Hall–Kier alpha value is -2.94. The van der Waals surface area contributed by atoms with E-state index >= 15 is 0 Å². The summed E-state index contributed by atoms with van der Waals surface area (Å²) in [6, 6.07) is 9.25. The average molecular weight is 386 g/mol. The molecule has 1 fully saturated rings. The highest BCUT2D eigenvalue weighted by Gasteiger charge is 2.37. The normalized spacial score (nSPS) is 19.3. The van der Waals surface area contributed by atoms with Gasteiger partial charge in [-0.05, 0) is 25.0 Å². The molecule has 0 radical (unpaired) electrons. The zero-order chi connectivity index (χ0) is 20.1. The number of para-hydroxylation sites is 1. The van der Waals surface area contributed by atoms with Crippen LogP contribution in [0.3, 0.4) is 0 Å². The van der Waals surface area contributed by atoms with E-state index in [-0.39, 0.29) is 31.4 Å². The van der Waals surface area contributed by atoms with Gasteiger partial charge < -0.3 is 20.2 Å². The summed E-state index contributed by atoms with van der Waals surface area (Å²) in [5.74, 6) is 0.454. The molecule has 28 heavy (non-hydrogen) atoms. The number of carbonyl (C=O) groups is 2. The van der Waals surface area contributed by atoms with Gasteiger partial charge in [-0.1, -0.05) is 18.2 Å². The maximum Gasteiger partial charge on any atom is 0.317 e. The number of nitrogens with zero attached hydrogens (tertiary/aromatic N) is 5. The summed E-state index contributed by atoms with van der Waals surface area (Å²) < 4.78 is 1.67. The number of piperidine rings is 1. The first-order chi connectivity index (χ1) is 13.4. The molecule has 9 nitrogen and oxygen atoms in total. The molecule has 1 atom stereocenters. The van der Waals surface area contributed by atoms with Gasteiger partial charge in [-0.15, -0.1) is 0 Å². The van der Waals surface area contributed by atoms with Crippen molar-refractivity contribution in [3.8, 4) is 5.69 Å². The molecule has 0 saturated carbocycles. The van der Waals surface area contributed by atoms with Gasteiger partial charge in [0.15, 0.2) is 5.82 Å². The zero-order valence-electron chi connectivity index (χ0n) is 16.2. The minimum Gasteiger partial charge on any atom is -0.387 e. The molecule has 3 rings (SSSR count). The molecule has 9 heteroatoms. The second kappa shape index (κ2) is 8.39. The van der Waals surface area contributed by atoms with Crippen molar-refractivity contribution in [3.63, 3.8) is 0 Å². The van der Waals surface area contributed by atoms with Crippen molar-refractivity contribution in [2.45, 2.75) is 31.4 Å². The van der Waals surface area contributed by atoms with Crippen molar-refractivity contribution in [1.82, 2.24) is 29.9 Å². The second-order valence-corrected chi connectivity index (χ2v) is 7.30. The Morgan fingerprint density at radius 1 is 1.29 bits per heavy atom. The van der Waals surface area contributed by atoms with Crippen LogP contribution in [-0.2, 0) is 11.3 Å². The van der Waals surface area contributed by atoms with Gasteiger partial charge >= 0.3 is 6.03 Å². The van der Waals surface area contributed by atoms with Gasteiger partial charge in [0.05, 0.1) is 30.8 Å². The fourth-order valence-corrected chi connectivity index (χ4v) is 3.31. The standard InChI is InChI=1S/C19H26N6O3/c1-23(2)17(26)11-19(28)9-6-10-24(13-19)18(27)20-12-16-21-14-22-25(16)15-7-4-3-5-8-15/h3-5,7-8,14,28H,6,9-13H2,1-2H3,(H,20,27). The molecule has 0 bridgehead atoms. The predicted molar refractivity (Wildman–Crippen MR) is 103 cm³/mol. The van der Waals surface area contributed by atoms with Crippen molar-refractivity contribution < 1.29 is 14.7 Å². The zero-order valence-corrected chi connectivity index (χ0v) is 16.2. The van der Waals surface area contributed by atoms with Crippen LogP contribution in [0.4, 0.5) is 4.79 Å². The molecular formula is C19H26N6O3. The monoisotopic (exact) mass is 386 g/mol. The van der Waals surface area contributed by atoms with Crippen molar-refractivity contribution >= 4 is 11.9 Å². The average Bonchev–Trinajstić information content (AvgIpc) is 3.15. The number of rotatable bonds is 5. The first-order valence-corrected chi connectivity index (χ1v) is 9.28.